The van der Waals surface area contributed by atoms with Crippen LogP contribution in [-0.4, -0.2) is 36.0 Å². The Morgan fingerprint density at radius 2 is 1.79 bits per heavy atom. The third-order valence-corrected chi connectivity index (χ3v) is 4.81. The number of amides is 2. The number of fused-ring (bicyclic) bond motifs is 1. The molecule has 0 bridgehead atoms. The lowest BCUT2D eigenvalue weighted by atomic mass is 9.96. The second kappa shape index (κ2) is 8.13. The molecule has 0 saturated carbocycles. The zero-order valence-electron chi connectivity index (χ0n) is 16.3. The average Bonchev–Trinajstić information content (AvgIpc) is 2.68. The second-order valence-electron chi connectivity index (χ2n) is 7.08. The van der Waals surface area contributed by atoms with Gasteiger partial charge in [-0.15, -0.1) is 0 Å². The van der Waals surface area contributed by atoms with Gasteiger partial charge in [0.1, 0.15) is 11.3 Å². The van der Waals surface area contributed by atoms with E-state index in [1.54, 1.807) is 62.4 Å². The van der Waals surface area contributed by atoms with Gasteiger partial charge < -0.3 is 14.8 Å². The fourth-order valence-electron chi connectivity index (χ4n) is 2.98. The van der Waals surface area contributed by atoms with Gasteiger partial charge in [-0.25, -0.2) is 4.79 Å². The molecule has 3 rings (SSSR count). The first-order valence-corrected chi connectivity index (χ1v) is 9.40. The van der Waals surface area contributed by atoms with Crippen LogP contribution in [0.1, 0.15) is 20.8 Å². The molecule has 0 unspecified atom stereocenters. The zero-order chi connectivity index (χ0) is 21.2. The number of ether oxygens (including phenoxy) is 2. The highest BCUT2D eigenvalue weighted by atomic mass is 35.5. The van der Waals surface area contributed by atoms with E-state index in [2.05, 4.69) is 5.32 Å². The fraction of sp³-hybridized carbons (Fsp3) is 0.286. The van der Waals surface area contributed by atoms with Crippen molar-refractivity contribution < 1.29 is 23.9 Å². The van der Waals surface area contributed by atoms with Crippen LogP contribution in [0.3, 0.4) is 0 Å². The molecule has 1 aliphatic heterocycles. The summed E-state index contributed by atoms with van der Waals surface area (Å²) in [5, 5.41) is 3.33. The fourth-order valence-corrected chi connectivity index (χ4v) is 3.10. The highest BCUT2D eigenvalue weighted by molar-refractivity contribution is 6.30. The molecule has 2 aromatic carbocycles. The lowest BCUT2D eigenvalue weighted by molar-refractivity contribution is -0.154. The first-order chi connectivity index (χ1) is 13.7. The van der Waals surface area contributed by atoms with Gasteiger partial charge in [0.2, 0.25) is 5.91 Å². The number of nitrogens with one attached hydrogen (secondary N) is 1. The van der Waals surface area contributed by atoms with Crippen molar-refractivity contribution in [2.24, 2.45) is 0 Å². The average molecular weight is 417 g/mol. The maximum atomic E-state index is 12.9. The number of benzene rings is 2. The summed E-state index contributed by atoms with van der Waals surface area (Å²) in [5.41, 5.74) is -0.0666. The van der Waals surface area contributed by atoms with Crippen LogP contribution in [0, 0.1) is 0 Å². The molecule has 152 valence electrons. The Morgan fingerprint density at radius 1 is 1.14 bits per heavy atom. The van der Waals surface area contributed by atoms with E-state index in [1.165, 1.54) is 11.8 Å². The summed E-state index contributed by atoms with van der Waals surface area (Å²) in [6.45, 7) is 4.27. The number of nitrogens with zero attached hydrogens (tertiary/aromatic N) is 1. The van der Waals surface area contributed by atoms with E-state index in [1.807, 2.05) is 0 Å². The number of esters is 1. The molecule has 0 spiro atoms. The van der Waals surface area contributed by atoms with Crippen LogP contribution in [0.4, 0.5) is 11.4 Å². The summed E-state index contributed by atoms with van der Waals surface area (Å²) in [4.78, 5) is 38.9. The van der Waals surface area contributed by atoms with E-state index in [9.17, 15) is 14.4 Å². The summed E-state index contributed by atoms with van der Waals surface area (Å²) < 4.78 is 10.6. The van der Waals surface area contributed by atoms with Crippen molar-refractivity contribution in [3.63, 3.8) is 0 Å². The Bertz CT molecular complexity index is 942. The van der Waals surface area contributed by atoms with Crippen LogP contribution < -0.4 is 15.0 Å². The van der Waals surface area contributed by atoms with Gasteiger partial charge in [0, 0.05) is 5.02 Å². The van der Waals surface area contributed by atoms with Crippen molar-refractivity contribution in [1.29, 1.82) is 0 Å². The molecule has 1 N–H and O–H groups in total. The number of rotatable bonds is 5. The molecule has 8 heteroatoms. The summed E-state index contributed by atoms with van der Waals surface area (Å²) >= 11 is 5.82. The Morgan fingerprint density at radius 3 is 2.48 bits per heavy atom. The molecule has 0 aromatic heterocycles. The minimum absolute atomic E-state index is 0.324. The molecule has 0 saturated heterocycles. The SMILES string of the molecule is C[C@H](Oc1ccc(Cl)cc1)C(=O)OCC(=O)N1c2ccccc2NC(=O)C1(C)C. The van der Waals surface area contributed by atoms with Gasteiger partial charge in [0.05, 0.1) is 11.4 Å². The third kappa shape index (κ3) is 4.35. The molecule has 7 nitrogen and oxygen atoms in total. The molecule has 0 fully saturated rings. The van der Waals surface area contributed by atoms with E-state index < -0.39 is 30.1 Å². The maximum Gasteiger partial charge on any atom is 0.347 e. The lowest BCUT2D eigenvalue weighted by Crippen LogP contribution is -2.59. The molecule has 1 atom stereocenters. The van der Waals surface area contributed by atoms with E-state index in [0.717, 1.165) is 0 Å². The van der Waals surface area contributed by atoms with Crippen molar-refractivity contribution in [2.75, 3.05) is 16.8 Å². The molecular weight excluding hydrogens is 396 g/mol. The van der Waals surface area contributed by atoms with Crippen LogP contribution in [0.5, 0.6) is 5.75 Å². The normalized spacial score (nSPS) is 15.7. The van der Waals surface area contributed by atoms with Gasteiger partial charge in [-0.3, -0.25) is 14.5 Å². The molecule has 2 aromatic rings. The van der Waals surface area contributed by atoms with E-state index >= 15 is 0 Å². The number of halogens is 1. The predicted octanol–water partition coefficient (Wildman–Crippen LogP) is 3.41. The van der Waals surface area contributed by atoms with Crippen molar-refractivity contribution in [1.82, 2.24) is 0 Å². The molecule has 1 aliphatic rings. The zero-order valence-corrected chi connectivity index (χ0v) is 17.0. The van der Waals surface area contributed by atoms with Crippen LogP contribution >= 0.6 is 11.6 Å². The first kappa shape index (κ1) is 20.7. The number of anilines is 2. The van der Waals surface area contributed by atoms with Crippen molar-refractivity contribution in [3.8, 4) is 5.75 Å². The number of hydrogen-bond acceptors (Lipinski definition) is 5. The summed E-state index contributed by atoms with van der Waals surface area (Å²) in [6.07, 6.45) is -0.922. The quantitative estimate of drug-likeness (QED) is 0.755. The van der Waals surface area contributed by atoms with Crippen molar-refractivity contribution >= 4 is 40.8 Å². The highest BCUT2D eigenvalue weighted by Crippen LogP contribution is 2.36. The van der Waals surface area contributed by atoms with Gasteiger partial charge in [0.25, 0.3) is 5.91 Å². The molecule has 0 aliphatic carbocycles. The highest BCUT2D eigenvalue weighted by Gasteiger charge is 2.43. The maximum absolute atomic E-state index is 12.9. The third-order valence-electron chi connectivity index (χ3n) is 4.55. The minimum atomic E-state index is -1.14. The van der Waals surface area contributed by atoms with Gasteiger partial charge in [0.15, 0.2) is 12.7 Å². The topological polar surface area (TPSA) is 84.9 Å². The smallest absolute Gasteiger partial charge is 0.347 e. The lowest BCUT2D eigenvalue weighted by Gasteiger charge is -2.41. The molecule has 0 radical (unpaired) electrons. The van der Waals surface area contributed by atoms with Gasteiger partial charge in [-0.05, 0) is 57.2 Å². The number of hydrogen-bond donors (Lipinski definition) is 1. The van der Waals surface area contributed by atoms with E-state index in [0.29, 0.717) is 22.1 Å². The van der Waals surface area contributed by atoms with Crippen molar-refractivity contribution in [3.05, 3.63) is 53.6 Å². The predicted molar refractivity (Wildman–Crippen MR) is 109 cm³/mol. The number of para-hydroxylation sites is 2. The standard InChI is InChI=1S/C21H21ClN2O5/c1-13(29-15-10-8-14(22)9-11-15)19(26)28-12-18(25)24-17-7-5-4-6-16(17)23-20(27)21(24,2)3/h4-11,13H,12H2,1-3H3,(H,23,27)/t13-/m0/s1. The Balaban J connectivity index is 1.67. The van der Waals surface area contributed by atoms with Gasteiger partial charge in [-0.2, -0.15) is 0 Å². The molecule has 2 amide bonds. The first-order valence-electron chi connectivity index (χ1n) is 9.02. The monoisotopic (exact) mass is 416 g/mol. The second-order valence-corrected chi connectivity index (χ2v) is 7.52. The van der Waals surface area contributed by atoms with Crippen LogP contribution in [0.15, 0.2) is 48.5 Å². The summed E-state index contributed by atoms with van der Waals surface area (Å²) in [5.74, 6) is -1.08. The van der Waals surface area contributed by atoms with Crippen LogP contribution in [0.25, 0.3) is 0 Å². The van der Waals surface area contributed by atoms with Crippen molar-refractivity contribution in [2.45, 2.75) is 32.4 Å². The Hall–Kier alpha value is -3.06. The number of carbonyl (C=O) groups is 3. The minimum Gasteiger partial charge on any atom is -0.479 e. The van der Waals surface area contributed by atoms with Gasteiger partial charge >= 0.3 is 5.97 Å². The van der Waals surface area contributed by atoms with Crippen LogP contribution in [0.2, 0.25) is 5.02 Å². The summed E-state index contributed by atoms with van der Waals surface area (Å²) in [7, 11) is 0. The van der Waals surface area contributed by atoms with E-state index in [-0.39, 0.29) is 5.91 Å². The van der Waals surface area contributed by atoms with E-state index in [4.69, 9.17) is 21.1 Å². The summed E-state index contributed by atoms with van der Waals surface area (Å²) in [6, 6.07) is 13.5. The Kier molecular flexibility index (Phi) is 5.79. The largest absolute Gasteiger partial charge is 0.479 e. The molecule has 1 heterocycles. The molecule has 29 heavy (non-hydrogen) atoms. The van der Waals surface area contributed by atoms with Gasteiger partial charge in [-0.1, -0.05) is 23.7 Å². The number of carbonyl (C=O) groups excluding carboxylic acids is 3. The molecular formula is C21H21ClN2O5. The Labute approximate surface area is 173 Å². The van der Waals surface area contributed by atoms with Crippen LogP contribution in [-0.2, 0) is 19.1 Å².